The van der Waals surface area contributed by atoms with Gasteiger partial charge in [-0.05, 0) is 38.5 Å². The molecule has 0 aromatic carbocycles. The van der Waals surface area contributed by atoms with Crippen molar-refractivity contribution in [1.82, 2.24) is 15.1 Å². The largest absolute Gasteiger partial charge is 0.381 e. The third kappa shape index (κ3) is 2.58. The van der Waals surface area contributed by atoms with E-state index in [2.05, 4.69) is 5.32 Å². The van der Waals surface area contributed by atoms with E-state index in [1.165, 1.54) is 0 Å². The zero-order valence-corrected chi connectivity index (χ0v) is 13.1. The summed E-state index contributed by atoms with van der Waals surface area (Å²) in [5.41, 5.74) is -0.819. The molecule has 0 radical (unpaired) electrons. The molecule has 3 rings (SSSR count). The van der Waals surface area contributed by atoms with E-state index in [9.17, 15) is 14.4 Å². The molecule has 1 unspecified atom stereocenters. The molecule has 2 saturated heterocycles. The van der Waals surface area contributed by atoms with Crippen LogP contribution in [0.2, 0.25) is 0 Å². The number of imide groups is 1. The van der Waals surface area contributed by atoms with Crippen LogP contribution in [0, 0.1) is 5.92 Å². The van der Waals surface area contributed by atoms with E-state index in [1.54, 1.807) is 18.9 Å². The molecular weight excluding hydrogens is 286 g/mol. The van der Waals surface area contributed by atoms with Crippen molar-refractivity contribution in [1.29, 1.82) is 0 Å². The summed E-state index contributed by atoms with van der Waals surface area (Å²) in [6, 6.07) is -0.445. The lowest BCUT2D eigenvalue weighted by Gasteiger charge is -2.32. The van der Waals surface area contributed by atoms with Crippen LogP contribution in [0.15, 0.2) is 0 Å². The smallest absolute Gasteiger partial charge is 0.325 e. The highest BCUT2D eigenvalue weighted by atomic mass is 16.5. The molecule has 1 N–H and O–H groups in total. The maximum atomic E-state index is 12.5. The number of piperidine rings is 1. The normalized spacial score (nSPS) is 29.9. The highest BCUT2D eigenvalue weighted by Gasteiger charge is 2.56. The van der Waals surface area contributed by atoms with Crippen molar-refractivity contribution in [2.24, 2.45) is 5.92 Å². The number of hydrogen-bond donors (Lipinski definition) is 1. The second kappa shape index (κ2) is 5.53. The lowest BCUT2D eigenvalue weighted by atomic mass is 9.96. The standard InChI is InChI=1S/C15H23N3O4/c1-15(10-3-4-10)13(20)18(14(21)16-15)9-12(19)17-7-5-11(22-2)6-8-17/h10-11H,3-9H2,1-2H3,(H,16,21). The van der Waals surface area contributed by atoms with Crippen molar-refractivity contribution in [3.05, 3.63) is 0 Å². The molecule has 0 bridgehead atoms. The molecule has 0 spiro atoms. The fourth-order valence-electron chi connectivity index (χ4n) is 3.37. The van der Waals surface area contributed by atoms with Crippen molar-refractivity contribution < 1.29 is 19.1 Å². The lowest BCUT2D eigenvalue weighted by Crippen LogP contribution is -2.48. The second-order valence-corrected chi connectivity index (χ2v) is 6.61. The number of rotatable bonds is 4. The van der Waals surface area contributed by atoms with Gasteiger partial charge in [0.2, 0.25) is 5.91 Å². The van der Waals surface area contributed by atoms with E-state index in [0.717, 1.165) is 30.6 Å². The maximum Gasteiger partial charge on any atom is 0.325 e. The Morgan fingerprint density at radius 2 is 1.91 bits per heavy atom. The minimum absolute atomic E-state index is 0.162. The van der Waals surface area contributed by atoms with Crippen LogP contribution < -0.4 is 5.32 Å². The van der Waals surface area contributed by atoms with Gasteiger partial charge >= 0.3 is 6.03 Å². The van der Waals surface area contributed by atoms with Crippen molar-refractivity contribution in [3.63, 3.8) is 0 Å². The first kappa shape index (κ1) is 15.3. The molecule has 7 heteroatoms. The van der Waals surface area contributed by atoms with Gasteiger partial charge < -0.3 is 15.0 Å². The Balaban J connectivity index is 1.60. The Morgan fingerprint density at radius 3 is 2.45 bits per heavy atom. The molecule has 1 atom stereocenters. The fourth-order valence-corrected chi connectivity index (χ4v) is 3.37. The molecule has 3 aliphatic rings. The van der Waals surface area contributed by atoms with Crippen molar-refractivity contribution in [2.45, 2.75) is 44.2 Å². The van der Waals surface area contributed by atoms with Crippen LogP contribution in [0.4, 0.5) is 4.79 Å². The summed E-state index contributed by atoms with van der Waals surface area (Å²) in [5.74, 6) is -0.222. The number of methoxy groups -OCH3 is 1. The molecule has 0 aromatic heterocycles. The number of ether oxygens (including phenoxy) is 1. The van der Waals surface area contributed by atoms with Gasteiger partial charge in [-0.15, -0.1) is 0 Å². The van der Waals surface area contributed by atoms with Crippen LogP contribution in [0.1, 0.15) is 32.6 Å². The Morgan fingerprint density at radius 1 is 1.27 bits per heavy atom. The summed E-state index contributed by atoms with van der Waals surface area (Å²) in [5, 5.41) is 2.76. The van der Waals surface area contributed by atoms with Crippen LogP contribution in [0.25, 0.3) is 0 Å². The topological polar surface area (TPSA) is 79.0 Å². The number of nitrogens with one attached hydrogen (secondary N) is 1. The van der Waals surface area contributed by atoms with Gasteiger partial charge in [0.1, 0.15) is 12.1 Å². The van der Waals surface area contributed by atoms with Gasteiger partial charge in [0, 0.05) is 20.2 Å². The van der Waals surface area contributed by atoms with E-state index >= 15 is 0 Å². The number of likely N-dealkylation sites (tertiary alicyclic amines) is 1. The first-order chi connectivity index (χ1) is 10.5. The third-order valence-electron chi connectivity index (χ3n) is 5.12. The molecule has 22 heavy (non-hydrogen) atoms. The van der Waals surface area contributed by atoms with Gasteiger partial charge in [0.05, 0.1) is 6.10 Å². The highest BCUT2D eigenvalue weighted by Crippen LogP contribution is 2.42. The number of nitrogens with zero attached hydrogens (tertiary/aromatic N) is 2. The molecule has 0 aromatic rings. The Bertz CT molecular complexity index is 497. The quantitative estimate of drug-likeness (QED) is 0.760. The molecule has 4 amide bonds. The van der Waals surface area contributed by atoms with Gasteiger partial charge in [0.25, 0.3) is 5.91 Å². The number of carbonyl (C=O) groups excluding carboxylic acids is 3. The zero-order valence-electron chi connectivity index (χ0n) is 13.1. The average molecular weight is 309 g/mol. The summed E-state index contributed by atoms with van der Waals surface area (Å²) >= 11 is 0. The summed E-state index contributed by atoms with van der Waals surface area (Å²) in [6.07, 6.45) is 3.69. The Kier molecular flexibility index (Phi) is 3.84. The summed E-state index contributed by atoms with van der Waals surface area (Å²) < 4.78 is 5.28. The molecule has 7 nitrogen and oxygen atoms in total. The minimum Gasteiger partial charge on any atom is -0.381 e. The number of carbonyl (C=O) groups is 3. The Labute approximate surface area is 129 Å². The molecule has 2 heterocycles. The maximum absolute atomic E-state index is 12.5. The van der Waals surface area contributed by atoms with Crippen LogP contribution in [0.3, 0.4) is 0 Å². The number of urea groups is 1. The first-order valence-electron chi connectivity index (χ1n) is 7.90. The third-order valence-corrected chi connectivity index (χ3v) is 5.12. The summed E-state index contributed by atoms with van der Waals surface area (Å²) in [6.45, 7) is 2.83. The van der Waals surface area contributed by atoms with E-state index in [4.69, 9.17) is 4.74 Å². The van der Waals surface area contributed by atoms with Gasteiger partial charge in [-0.25, -0.2) is 4.79 Å². The van der Waals surface area contributed by atoms with Crippen molar-refractivity contribution in [3.8, 4) is 0 Å². The molecule has 3 fully saturated rings. The molecular formula is C15H23N3O4. The minimum atomic E-state index is -0.819. The Hall–Kier alpha value is -1.63. The fraction of sp³-hybridized carbons (Fsp3) is 0.800. The van der Waals surface area contributed by atoms with Gasteiger partial charge in [0.15, 0.2) is 0 Å². The second-order valence-electron chi connectivity index (χ2n) is 6.61. The van der Waals surface area contributed by atoms with Crippen molar-refractivity contribution in [2.75, 3.05) is 26.7 Å². The SMILES string of the molecule is COC1CCN(C(=O)CN2C(=O)NC(C)(C3CC3)C2=O)CC1. The average Bonchev–Trinajstić information content (AvgIpc) is 3.33. The lowest BCUT2D eigenvalue weighted by molar-refractivity contribution is -0.140. The van der Waals surface area contributed by atoms with Crippen molar-refractivity contribution >= 4 is 17.8 Å². The molecule has 1 saturated carbocycles. The monoisotopic (exact) mass is 309 g/mol. The number of amides is 4. The molecule has 122 valence electrons. The summed E-state index contributed by atoms with van der Waals surface area (Å²) in [4.78, 5) is 39.7. The molecule has 1 aliphatic carbocycles. The van der Waals surface area contributed by atoms with Crippen LogP contribution in [0.5, 0.6) is 0 Å². The van der Waals surface area contributed by atoms with Crippen LogP contribution in [-0.2, 0) is 14.3 Å². The van der Waals surface area contributed by atoms with Gasteiger partial charge in [-0.1, -0.05) is 0 Å². The van der Waals surface area contributed by atoms with E-state index in [-0.39, 0.29) is 30.4 Å². The van der Waals surface area contributed by atoms with E-state index in [0.29, 0.717) is 13.1 Å². The highest BCUT2D eigenvalue weighted by molar-refractivity contribution is 6.09. The first-order valence-corrected chi connectivity index (χ1v) is 7.90. The summed E-state index contributed by atoms with van der Waals surface area (Å²) in [7, 11) is 1.67. The predicted octanol–water partition coefficient (Wildman–Crippen LogP) is 0.344. The van der Waals surface area contributed by atoms with Crippen LogP contribution >= 0.6 is 0 Å². The van der Waals surface area contributed by atoms with Gasteiger partial charge in [-0.2, -0.15) is 0 Å². The predicted molar refractivity (Wildman–Crippen MR) is 78.0 cm³/mol. The molecule has 2 aliphatic heterocycles. The van der Waals surface area contributed by atoms with E-state index < -0.39 is 11.6 Å². The zero-order chi connectivity index (χ0) is 15.9. The van der Waals surface area contributed by atoms with Crippen LogP contribution in [-0.4, -0.2) is 66.0 Å². The van der Waals surface area contributed by atoms with Gasteiger partial charge in [-0.3, -0.25) is 14.5 Å². The number of hydrogen-bond acceptors (Lipinski definition) is 4. The van der Waals surface area contributed by atoms with E-state index in [1.807, 2.05) is 0 Å².